The predicted octanol–water partition coefficient (Wildman–Crippen LogP) is 3.61. The summed E-state index contributed by atoms with van der Waals surface area (Å²) in [5.74, 6) is -1.79. The van der Waals surface area contributed by atoms with Crippen molar-refractivity contribution in [1.82, 2.24) is 34.4 Å². The van der Waals surface area contributed by atoms with E-state index in [4.69, 9.17) is 37.2 Å². The van der Waals surface area contributed by atoms with Crippen LogP contribution in [0.3, 0.4) is 0 Å². The average molecular weight is 682 g/mol. The number of anilines is 1. The van der Waals surface area contributed by atoms with Gasteiger partial charge in [0.1, 0.15) is 17.0 Å². The van der Waals surface area contributed by atoms with Gasteiger partial charge in [-0.1, -0.05) is 18.5 Å². The van der Waals surface area contributed by atoms with E-state index in [0.29, 0.717) is 59.5 Å². The molecule has 0 aromatic carbocycles. The molecule has 0 unspecified atom stereocenters. The molecule has 2 aliphatic rings. The number of nitrogens with one attached hydrogen (secondary N) is 1. The highest BCUT2D eigenvalue weighted by molar-refractivity contribution is 7.99. The number of rotatable bonds is 8. The highest BCUT2D eigenvalue weighted by atomic mass is 35.5. The number of aliphatic carboxylic acids is 1. The Morgan fingerprint density at radius 1 is 1.20 bits per heavy atom. The number of pyridine rings is 1. The Morgan fingerprint density at radius 3 is 2.59 bits per heavy atom. The van der Waals surface area contributed by atoms with Crippen LogP contribution in [0.1, 0.15) is 38.3 Å². The highest BCUT2D eigenvalue weighted by Crippen LogP contribution is 2.37. The number of halogens is 4. The molecule has 6 heterocycles. The number of amides is 1. The van der Waals surface area contributed by atoms with Crippen molar-refractivity contribution in [2.75, 3.05) is 31.1 Å². The van der Waals surface area contributed by atoms with Gasteiger partial charge in [-0.25, -0.2) is 24.7 Å². The van der Waals surface area contributed by atoms with Crippen LogP contribution in [-0.2, 0) is 22.6 Å². The minimum Gasteiger partial charge on any atom is -0.475 e. The van der Waals surface area contributed by atoms with Crippen LogP contribution in [0.15, 0.2) is 33.3 Å². The molecule has 4 aromatic rings. The van der Waals surface area contributed by atoms with Crippen molar-refractivity contribution in [3.05, 3.63) is 39.5 Å². The lowest BCUT2D eigenvalue weighted by Crippen LogP contribution is -2.28. The van der Waals surface area contributed by atoms with Gasteiger partial charge >= 0.3 is 12.1 Å². The maximum absolute atomic E-state index is 12.6. The molecule has 2 fully saturated rings. The fraction of sp³-hybridized carbons (Fsp3) is 0.464. The standard InChI is InChI=1S/C26H30ClN9O2S.C2HF3O2/c1-2-17-22(27)21-23(31-17)32-26(33-25(21)35-10-6-15(28)14-35)39-16-11-18-24(30-12-16)36(20(38)13-29-18)9-4-8-34-7-3-5-19(34)37;3-2(4,5)1(6)7/h11-13,15H,2-10,14,28H2,1H3,(H,31,32,33);(H,6,7)/t15-;/m1./s1. The van der Waals surface area contributed by atoms with E-state index in [1.807, 2.05) is 17.9 Å². The monoisotopic (exact) mass is 681 g/mol. The van der Waals surface area contributed by atoms with Gasteiger partial charge in [0.05, 0.1) is 16.6 Å². The maximum Gasteiger partial charge on any atom is 0.490 e. The molecule has 0 aliphatic carbocycles. The molecule has 0 spiro atoms. The van der Waals surface area contributed by atoms with E-state index in [1.165, 1.54) is 18.0 Å². The molecule has 2 aliphatic heterocycles. The summed E-state index contributed by atoms with van der Waals surface area (Å²) in [6.45, 7) is 5.46. The fourth-order valence-corrected chi connectivity index (χ4v) is 6.45. The summed E-state index contributed by atoms with van der Waals surface area (Å²) in [6.07, 6.45) is 1.80. The van der Waals surface area contributed by atoms with Gasteiger partial charge in [-0.2, -0.15) is 13.2 Å². The van der Waals surface area contributed by atoms with E-state index in [0.717, 1.165) is 54.1 Å². The van der Waals surface area contributed by atoms with Gasteiger partial charge in [-0.3, -0.25) is 14.2 Å². The molecule has 13 nitrogen and oxygen atoms in total. The first kappa shape index (κ1) is 33.4. The van der Waals surface area contributed by atoms with Crippen LogP contribution >= 0.6 is 23.4 Å². The second-order valence-corrected chi connectivity index (χ2v) is 12.2. The number of alkyl halides is 3. The Kier molecular flexibility index (Phi) is 10.0. The fourth-order valence-electron chi connectivity index (χ4n) is 5.33. The molecular formula is C28H31ClF3N9O4S. The van der Waals surface area contributed by atoms with Crippen molar-refractivity contribution in [2.45, 2.75) is 67.8 Å². The Balaban J connectivity index is 0.000000537. The Hall–Kier alpha value is -3.96. The van der Waals surface area contributed by atoms with E-state index in [9.17, 15) is 22.8 Å². The number of fused-ring (bicyclic) bond motifs is 2. The third kappa shape index (κ3) is 7.36. The van der Waals surface area contributed by atoms with Crippen LogP contribution in [0, 0.1) is 0 Å². The molecular weight excluding hydrogens is 651 g/mol. The highest BCUT2D eigenvalue weighted by Gasteiger charge is 2.38. The van der Waals surface area contributed by atoms with Crippen LogP contribution in [-0.4, -0.2) is 89.8 Å². The van der Waals surface area contributed by atoms with Crippen LogP contribution < -0.4 is 16.2 Å². The largest absolute Gasteiger partial charge is 0.490 e. The molecule has 46 heavy (non-hydrogen) atoms. The molecule has 2 saturated heterocycles. The second-order valence-electron chi connectivity index (χ2n) is 10.8. The number of hydrogen-bond donors (Lipinski definition) is 3. The van der Waals surface area contributed by atoms with E-state index in [1.54, 1.807) is 10.8 Å². The van der Waals surface area contributed by atoms with Crippen molar-refractivity contribution < 1.29 is 27.9 Å². The first-order valence-electron chi connectivity index (χ1n) is 14.6. The number of carbonyl (C=O) groups excluding carboxylic acids is 1. The summed E-state index contributed by atoms with van der Waals surface area (Å²) in [5.41, 5.74) is 8.74. The SMILES string of the molecule is CCc1[nH]c2nc(Sc3cnc4c(c3)ncc(=O)n4CCCN3CCCC3=O)nc(N3CC[C@@H](N)C3)c2c1Cl.O=C(O)C(F)(F)F. The Bertz CT molecular complexity index is 1830. The predicted molar refractivity (Wildman–Crippen MR) is 165 cm³/mol. The summed E-state index contributed by atoms with van der Waals surface area (Å²) in [6, 6.07) is 1.99. The number of likely N-dealkylation sites (tertiary alicyclic amines) is 1. The van der Waals surface area contributed by atoms with Gasteiger partial charge in [-0.05, 0) is 43.5 Å². The number of aromatic amines is 1. The Labute approximate surface area is 269 Å². The number of aryl methyl sites for hydroxylation is 2. The van der Waals surface area contributed by atoms with Crippen molar-refractivity contribution in [1.29, 1.82) is 0 Å². The lowest BCUT2D eigenvalue weighted by Gasteiger charge is -2.18. The minimum absolute atomic E-state index is 0.0960. The summed E-state index contributed by atoms with van der Waals surface area (Å²) < 4.78 is 33.4. The van der Waals surface area contributed by atoms with Gasteiger partial charge in [0.15, 0.2) is 10.8 Å². The summed E-state index contributed by atoms with van der Waals surface area (Å²) in [4.78, 5) is 60.2. The number of nitrogens with two attached hydrogens (primary N) is 1. The number of H-pyrrole nitrogens is 1. The topological polar surface area (TPSA) is 176 Å². The third-order valence-electron chi connectivity index (χ3n) is 7.59. The summed E-state index contributed by atoms with van der Waals surface area (Å²) >= 11 is 8.10. The van der Waals surface area contributed by atoms with Gasteiger partial charge in [0, 0.05) is 62.0 Å². The average Bonchev–Trinajstić information content (AvgIpc) is 3.72. The zero-order chi connectivity index (χ0) is 33.2. The second kappa shape index (κ2) is 13.8. The van der Waals surface area contributed by atoms with Crippen LogP contribution in [0.25, 0.3) is 22.2 Å². The quantitative estimate of drug-likeness (QED) is 0.232. The molecule has 0 bridgehead atoms. The molecule has 4 aromatic heterocycles. The number of hydrogen-bond acceptors (Lipinski definition) is 10. The molecule has 1 atom stereocenters. The van der Waals surface area contributed by atoms with Crippen molar-refractivity contribution >= 4 is 63.3 Å². The lowest BCUT2D eigenvalue weighted by molar-refractivity contribution is -0.192. The van der Waals surface area contributed by atoms with Gasteiger partial charge in [-0.15, -0.1) is 0 Å². The maximum atomic E-state index is 12.6. The van der Waals surface area contributed by atoms with Crippen LogP contribution in [0.4, 0.5) is 19.0 Å². The van der Waals surface area contributed by atoms with Crippen LogP contribution in [0.5, 0.6) is 0 Å². The lowest BCUT2D eigenvalue weighted by atomic mass is 10.3. The third-order valence-corrected chi connectivity index (χ3v) is 8.83. The van der Waals surface area contributed by atoms with Gasteiger partial charge < -0.3 is 25.6 Å². The first-order chi connectivity index (χ1) is 21.8. The minimum atomic E-state index is -5.08. The van der Waals surface area contributed by atoms with Crippen molar-refractivity contribution in [3.8, 4) is 0 Å². The first-order valence-corrected chi connectivity index (χ1v) is 15.7. The molecule has 18 heteroatoms. The molecule has 1 amide bonds. The van der Waals surface area contributed by atoms with Crippen molar-refractivity contribution in [2.24, 2.45) is 5.73 Å². The Morgan fingerprint density at radius 2 is 1.96 bits per heavy atom. The van der Waals surface area contributed by atoms with E-state index >= 15 is 0 Å². The zero-order valence-corrected chi connectivity index (χ0v) is 26.3. The molecule has 246 valence electrons. The van der Waals surface area contributed by atoms with E-state index in [-0.39, 0.29) is 17.5 Å². The molecule has 0 radical (unpaired) electrons. The summed E-state index contributed by atoms with van der Waals surface area (Å²) in [7, 11) is 0. The number of carboxylic acid groups (broad SMARTS) is 1. The number of carbonyl (C=O) groups is 2. The normalized spacial score (nSPS) is 16.8. The summed E-state index contributed by atoms with van der Waals surface area (Å²) in [5, 5.41) is 9.16. The molecule has 0 saturated carbocycles. The van der Waals surface area contributed by atoms with E-state index < -0.39 is 12.1 Å². The number of nitrogens with zero attached hydrogens (tertiary/aromatic N) is 7. The van der Waals surface area contributed by atoms with Crippen LogP contribution in [0.2, 0.25) is 5.02 Å². The van der Waals surface area contributed by atoms with Crippen molar-refractivity contribution in [3.63, 3.8) is 0 Å². The molecule has 6 rings (SSSR count). The van der Waals surface area contributed by atoms with Gasteiger partial charge in [0.2, 0.25) is 5.91 Å². The number of aromatic nitrogens is 6. The van der Waals surface area contributed by atoms with E-state index in [2.05, 4.69) is 19.9 Å². The number of carboxylic acids is 1. The van der Waals surface area contributed by atoms with Gasteiger partial charge in [0.25, 0.3) is 5.56 Å². The smallest absolute Gasteiger partial charge is 0.475 e. The molecule has 4 N–H and O–H groups in total. The zero-order valence-electron chi connectivity index (χ0n) is 24.7.